The van der Waals surface area contributed by atoms with Gasteiger partial charge in [0.15, 0.2) is 0 Å². The maximum atomic E-state index is 4.46. The number of fused-ring (bicyclic) bond motifs is 5. The van der Waals surface area contributed by atoms with Crippen LogP contribution < -0.4 is 0 Å². The molecule has 0 amide bonds. The maximum Gasteiger partial charge on any atom is 0.0714 e. The average molecular weight is 229 g/mol. The molecule has 1 aliphatic carbocycles. The molecule has 2 aromatic carbocycles. The summed E-state index contributed by atoms with van der Waals surface area (Å²) in [4.78, 5) is 4.46. The number of rotatable bonds is 0. The molecule has 1 nitrogen and oxygen atoms in total. The molecule has 0 fully saturated rings. The maximum absolute atomic E-state index is 4.46. The van der Waals surface area contributed by atoms with Crippen molar-refractivity contribution in [2.45, 2.75) is 0 Å². The summed E-state index contributed by atoms with van der Waals surface area (Å²) in [6.07, 6.45) is 1.88. The van der Waals surface area contributed by atoms with Crippen molar-refractivity contribution < 1.29 is 0 Å². The number of nitrogens with zero attached hydrogens (tertiary/aromatic N) is 1. The van der Waals surface area contributed by atoms with E-state index in [0.717, 1.165) is 5.69 Å². The van der Waals surface area contributed by atoms with E-state index in [-0.39, 0.29) is 0 Å². The molecular weight excluding hydrogens is 218 g/mol. The van der Waals surface area contributed by atoms with E-state index in [9.17, 15) is 0 Å². The van der Waals surface area contributed by atoms with E-state index in [1.165, 1.54) is 27.1 Å². The molecule has 1 aliphatic heterocycles. The summed E-state index contributed by atoms with van der Waals surface area (Å²) in [7, 11) is 0. The topological polar surface area (TPSA) is 12.9 Å². The second-order valence-electron chi connectivity index (χ2n) is 4.52. The number of benzene rings is 2. The quantitative estimate of drug-likeness (QED) is 0.433. The zero-order valence-corrected chi connectivity index (χ0v) is 9.80. The van der Waals surface area contributed by atoms with Gasteiger partial charge in [0.05, 0.1) is 5.69 Å². The molecule has 84 valence electrons. The fraction of sp³-hybridized carbons (Fsp3) is 0. The lowest BCUT2D eigenvalue weighted by Crippen LogP contribution is -1.72. The Bertz CT molecular complexity index is 833. The Balaban J connectivity index is 2.40. The second-order valence-corrected chi connectivity index (χ2v) is 4.52. The molecule has 0 aromatic heterocycles. The Hall–Kier alpha value is -2.41. The highest BCUT2D eigenvalue weighted by Gasteiger charge is 2.09. The molecule has 4 rings (SSSR count). The van der Waals surface area contributed by atoms with Crippen LogP contribution in [0.15, 0.2) is 66.9 Å². The van der Waals surface area contributed by atoms with Crippen molar-refractivity contribution in [2.24, 2.45) is 0 Å². The third-order valence-corrected chi connectivity index (χ3v) is 3.49. The van der Waals surface area contributed by atoms with Gasteiger partial charge in [0.25, 0.3) is 0 Å². The lowest BCUT2D eigenvalue weighted by atomic mass is 10.1. The summed E-state index contributed by atoms with van der Waals surface area (Å²) in [5, 5.41) is 5.08. The minimum absolute atomic E-state index is 1.06. The molecule has 0 atom stereocenters. The van der Waals surface area contributed by atoms with Gasteiger partial charge < -0.3 is 0 Å². The van der Waals surface area contributed by atoms with Gasteiger partial charge in [-0.1, -0.05) is 48.5 Å². The highest BCUT2D eigenvalue weighted by Crippen LogP contribution is 2.33. The second kappa shape index (κ2) is 3.54. The Labute approximate surface area is 105 Å². The minimum atomic E-state index is 1.06. The van der Waals surface area contributed by atoms with E-state index in [1.54, 1.807) is 0 Å². The van der Waals surface area contributed by atoms with Gasteiger partial charge >= 0.3 is 0 Å². The van der Waals surface area contributed by atoms with Crippen molar-refractivity contribution in [1.29, 1.82) is 0 Å². The molecule has 2 aliphatic rings. The fourth-order valence-corrected chi connectivity index (χ4v) is 2.66. The van der Waals surface area contributed by atoms with Crippen LogP contribution in [0.3, 0.4) is 0 Å². The van der Waals surface area contributed by atoms with Crippen LogP contribution in [0.2, 0.25) is 0 Å². The number of aromatic nitrogens is 1. The highest BCUT2D eigenvalue weighted by atomic mass is 14.7. The van der Waals surface area contributed by atoms with Crippen LogP contribution in [-0.4, -0.2) is 4.98 Å². The van der Waals surface area contributed by atoms with Gasteiger partial charge in [0.2, 0.25) is 0 Å². The first-order chi connectivity index (χ1) is 8.93. The minimum Gasteiger partial charge on any atom is -0.256 e. The van der Waals surface area contributed by atoms with Gasteiger partial charge in [0.1, 0.15) is 0 Å². The largest absolute Gasteiger partial charge is 0.256 e. The first-order valence-electron chi connectivity index (χ1n) is 6.09. The molecule has 0 saturated carbocycles. The molecular formula is C17H11N. The Morgan fingerprint density at radius 2 is 1.39 bits per heavy atom. The van der Waals surface area contributed by atoms with Crippen LogP contribution in [0.5, 0.6) is 0 Å². The lowest BCUT2D eigenvalue weighted by Gasteiger charge is -1.98. The standard InChI is InChI=1S/C17H11N/c1-2-6-13-12(5-1)11-17-16(9-10-18-17)15-8-4-3-7-14(13)15/h1-11H. The van der Waals surface area contributed by atoms with Crippen molar-refractivity contribution in [3.05, 3.63) is 66.9 Å². The third kappa shape index (κ3) is 1.25. The summed E-state index contributed by atoms with van der Waals surface area (Å²) in [5.74, 6) is 0. The van der Waals surface area contributed by atoms with E-state index in [1.807, 2.05) is 6.20 Å². The van der Waals surface area contributed by atoms with Crippen LogP contribution in [0, 0.1) is 0 Å². The Kier molecular flexibility index (Phi) is 1.89. The summed E-state index contributed by atoms with van der Waals surface area (Å²) in [5.41, 5.74) is 2.29. The first kappa shape index (κ1) is 9.60. The normalized spacial score (nSPS) is 11.3. The molecule has 0 bridgehead atoms. The van der Waals surface area contributed by atoms with Gasteiger partial charge in [-0.3, -0.25) is 4.98 Å². The molecule has 2 aromatic rings. The van der Waals surface area contributed by atoms with Gasteiger partial charge in [0, 0.05) is 11.8 Å². The van der Waals surface area contributed by atoms with Crippen molar-refractivity contribution in [1.82, 2.24) is 4.98 Å². The zero-order valence-electron chi connectivity index (χ0n) is 9.80. The van der Waals surface area contributed by atoms with Gasteiger partial charge in [-0.05, 0) is 33.7 Å². The number of hydrogen-bond donors (Lipinski definition) is 0. The summed E-state index contributed by atoms with van der Waals surface area (Å²) in [6, 6.07) is 21.3. The molecule has 0 radical (unpaired) electrons. The highest BCUT2D eigenvalue weighted by molar-refractivity contribution is 6.11. The van der Waals surface area contributed by atoms with Crippen LogP contribution in [0.4, 0.5) is 0 Å². The van der Waals surface area contributed by atoms with Crippen molar-refractivity contribution in [3.8, 4) is 11.3 Å². The molecule has 1 heteroatoms. The first-order valence-corrected chi connectivity index (χ1v) is 6.09. The smallest absolute Gasteiger partial charge is 0.0714 e. The predicted octanol–water partition coefficient (Wildman–Crippen LogP) is 4.49. The Morgan fingerprint density at radius 1 is 0.667 bits per heavy atom. The summed E-state index contributed by atoms with van der Waals surface area (Å²) >= 11 is 0. The molecule has 0 unspecified atom stereocenters. The van der Waals surface area contributed by atoms with Crippen molar-refractivity contribution in [2.75, 3.05) is 0 Å². The van der Waals surface area contributed by atoms with E-state index in [2.05, 4.69) is 65.6 Å². The zero-order chi connectivity index (χ0) is 11.9. The van der Waals surface area contributed by atoms with Crippen molar-refractivity contribution >= 4 is 21.5 Å². The van der Waals surface area contributed by atoms with Crippen molar-refractivity contribution in [3.63, 3.8) is 0 Å². The lowest BCUT2D eigenvalue weighted by molar-refractivity contribution is 1.42. The van der Waals surface area contributed by atoms with E-state index in [0.29, 0.717) is 0 Å². The molecule has 1 heterocycles. The molecule has 18 heavy (non-hydrogen) atoms. The molecule has 0 N–H and O–H groups in total. The molecule has 0 saturated heterocycles. The average Bonchev–Trinajstić information content (AvgIpc) is 2.83. The van der Waals surface area contributed by atoms with E-state index in [4.69, 9.17) is 0 Å². The van der Waals surface area contributed by atoms with Gasteiger partial charge in [-0.15, -0.1) is 0 Å². The third-order valence-electron chi connectivity index (χ3n) is 3.49. The Morgan fingerprint density at radius 3 is 2.28 bits per heavy atom. The molecule has 0 spiro atoms. The SMILES string of the molecule is c1ccc2c(c1)cc1nccc-1c1ccccc12. The van der Waals surface area contributed by atoms with Gasteiger partial charge in [-0.2, -0.15) is 0 Å². The van der Waals surface area contributed by atoms with Crippen LogP contribution in [0.25, 0.3) is 32.8 Å². The fourth-order valence-electron chi connectivity index (χ4n) is 2.66. The van der Waals surface area contributed by atoms with Gasteiger partial charge in [-0.25, -0.2) is 0 Å². The monoisotopic (exact) mass is 229 g/mol. The van der Waals surface area contributed by atoms with Crippen LogP contribution >= 0.6 is 0 Å². The van der Waals surface area contributed by atoms with E-state index >= 15 is 0 Å². The summed E-state index contributed by atoms with van der Waals surface area (Å²) < 4.78 is 0. The summed E-state index contributed by atoms with van der Waals surface area (Å²) in [6.45, 7) is 0. The van der Waals surface area contributed by atoms with E-state index < -0.39 is 0 Å². The van der Waals surface area contributed by atoms with Crippen LogP contribution in [-0.2, 0) is 0 Å². The predicted molar refractivity (Wildman–Crippen MR) is 75.9 cm³/mol. The van der Waals surface area contributed by atoms with Crippen LogP contribution in [0.1, 0.15) is 0 Å². The number of hydrogen-bond acceptors (Lipinski definition) is 1.